The summed E-state index contributed by atoms with van der Waals surface area (Å²) in [5.74, 6) is 0.503. The van der Waals surface area contributed by atoms with Crippen LogP contribution in [0.2, 0.25) is 11.5 Å². The van der Waals surface area contributed by atoms with Crippen molar-refractivity contribution in [3.63, 3.8) is 0 Å². The van der Waals surface area contributed by atoms with Gasteiger partial charge in [0.15, 0.2) is 0 Å². The fourth-order valence-electron chi connectivity index (χ4n) is 1.89. The molecule has 1 N–H and O–H groups in total. The summed E-state index contributed by atoms with van der Waals surface area (Å²) in [5.41, 5.74) is 1.21. The molecule has 1 aromatic rings. The molecule has 2 rings (SSSR count). The van der Waals surface area contributed by atoms with Gasteiger partial charge in [-0.25, -0.2) is 0 Å². The van der Waals surface area contributed by atoms with Crippen molar-refractivity contribution in [2.24, 2.45) is 0 Å². The van der Waals surface area contributed by atoms with Crippen molar-refractivity contribution in [2.45, 2.75) is 18.8 Å². The minimum atomic E-state index is 0.503. The zero-order chi connectivity index (χ0) is 10.8. The first-order valence-electron chi connectivity index (χ1n) is 5.29. The number of hydrogen-bond acceptors (Lipinski definition) is 1. The quantitative estimate of drug-likeness (QED) is 0.780. The summed E-state index contributed by atoms with van der Waals surface area (Å²) in [5, 5.41) is 3.01. The van der Waals surface area contributed by atoms with E-state index in [0.29, 0.717) is 16.0 Å². The van der Waals surface area contributed by atoms with Gasteiger partial charge in [0.05, 0.1) is 0 Å². The number of rotatable bonds is 1. The molecule has 1 saturated heterocycles. The molecule has 1 fully saturated rings. The topological polar surface area (TPSA) is 12.0 Å². The summed E-state index contributed by atoms with van der Waals surface area (Å²) in [6.45, 7) is 1.66. The number of piperidine rings is 1. The van der Waals surface area contributed by atoms with Crippen LogP contribution in [0.3, 0.4) is 0 Å². The van der Waals surface area contributed by atoms with Crippen LogP contribution in [-0.2, 0) is 0 Å². The van der Waals surface area contributed by atoms with Crippen molar-refractivity contribution in [2.75, 3.05) is 13.1 Å². The van der Waals surface area contributed by atoms with Gasteiger partial charge in [-0.2, -0.15) is 0 Å². The third-order valence-electron chi connectivity index (χ3n) is 2.63. The van der Waals surface area contributed by atoms with Gasteiger partial charge in [-0.3, -0.25) is 0 Å². The van der Waals surface area contributed by atoms with E-state index >= 15 is 0 Å². The van der Waals surface area contributed by atoms with E-state index in [-0.39, 0.29) is 0 Å². The van der Waals surface area contributed by atoms with E-state index in [1.165, 1.54) is 5.56 Å². The minimum absolute atomic E-state index is 0.503. The number of hydrogen-bond donors (Lipinski definition) is 1. The van der Waals surface area contributed by atoms with E-state index < -0.39 is 0 Å². The number of halogens is 2. The van der Waals surface area contributed by atoms with E-state index in [9.17, 15) is 0 Å². The Balaban J connectivity index is 2.15. The van der Waals surface area contributed by atoms with Crippen LogP contribution in [0, 0.1) is 0 Å². The van der Waals surface area contributed by atoms with Crippen LogP contribution in [0.1, 0.15) is 24.3 Å². The summed E-state index contributed by atoms with van der Waals surface area (Å²) in [4.78, 5) is 0. The van der Waals surface area contributed by atoms with Crippen molar-refractivity contribution in [1.82, 2.24) is 5.31 Å². The molecule has 0 atom stereocenters. The van der Waals surface area contributed by atoms with E-state index in [4.69, 9.17) is 24.6 Å². The molecule has 1 nitrogen and oxygen atoms in total. The van der Waals surface area contributed by atoms with E-state index in [1.807, 2.05) is 12.1 Å². The molecular formula is C11H13Cl2N. The Bertz CT molecular complexity index is 328. The highest BCUT2D eigenvalue weighted by molar-refractivity contribution is 6.34. The molecule has 3 heteroatoms. The highest BCUT2D eigenvalue weighted by atomic mass is 35.5. The molecule has 76 valence electrons. The molecule has 0 saturated carbocycles. The summed E-state index contributed by atoms with van der Waals surface area (Å²) in [7, 11) is 0. The van der Waals surface area contributed by atoms with Crippen LogP contribution < -0.4 is 5.31 Å². The molecule has 14 heavy (non-hydrogen) atoms. The molecule has 1 heterocycles. The predicted octanol–water partition coefficient (Wildman–Crippen LogP) is 3.46. The maximum atomic E-state index is 7.49. The molecule has 1 aromatic carbocycles. The van der Waals surface area contributed by atoms with Gasteiger partial charge in [0.1, 0.15) is 1.41 Å². The largest absolute Gasteiger partial charge is 0.317 e. The van der Waals surface area contributed by atoms with Crippen LogP contribution in [0.25, 0.3) is 0 Å². The van der Waals surface area contributed by atoms with Crippen molar-refractivity contribution >= 4 is 23.2 Å². The Morgan fingerprint density at radius 1 is 1.14 bits per heavy atom. The van der Waals surface area contributed by atoms with Crippen molar-refractivity contribution in [1.29, 1.82) is 0 Å². The lowest BCUT2D eigenvalue weighted by Crippen LogP contribution is -2.26. The van der Waals surface area contributed by atoms with Crippen LogP contribution in [0.4, 0.5) is 0 Å². The standard InChI is InChI=1S/C11H13Cl2N/c12-10-5-9(6-11(13)7-10)8-1-3-14-4-2-8/h5-8,14H,1-4H2/i/hD. The van der Waals surface area contributed by atoms with Gasteiger partial charge < -0.3 is 5.31 Å². The number of nitrogens with one attached hydrogen (secondary N) is 1. The fourth-order valence-corrected chi connectivity index (χ4v) is 2.44. The molecule has 0 spiro atoms. The van der Waals surface area contributed by atoms with Crippen molar-refractivity contribution in [3.05, 3.63) is 33.8 Å². The Morgan fingerprint density at radius 3 is 2.29 bits per heavy atom. The number of benzene rings is 1. The first kappa shape index (κ1) is 9.02. The zero-order valence-electron chi connectivity index (χ0n) is 8.84. The SMILES string of the molecule is [2H]N1CCC(c2cc(Cl)cc(Cl)c2)CC1. The van der Waals surface area contributed by atoms with Crippen molar-refractivity contribution < 1.29 is 1.41 Å². The Kier molecular flexibility index (Phi) is 2.91. The van der Waals surface area contributed by atoms with Crippen LogP contribution in [-0.4, -0.2) is 13.1 Å². The maximum absolute atomic E-state index is 7.49. The van der Waals surface area contributed by atoms with Gasteiger partial charge in [-0.1, -0.05) is 23.2 Å². The van der Waals surface area contributed by atoms with E-state index in [1.54, 1.807) is 11.4 Å². The first-order valence-corrected chi connectivity index (χ1v) is 5.60. The minimum Gasteiger partial charge on any atom is -0.317 e. The molecule has 0 bridgehead atoms. The van der Waals surface area contributed by atoms with Gasteiger partial charge in [0.2, 0.25) is 0 Å². The molecule has 0 aromatic heterocycles. The van der Waals surface area contributed by atoms with Gasteiger partial charge in [-0.15, -0.1) is 0 Å². The third-order valence-corrected chi connectivity index (χ3v) is 3.06. The van der Waals surface area contributed by atoms with Gasteiger partial charge in [0.25, 0.3) is 0 Å². The van der Waals surface area contributed by atoms with E-state index in [0.717, 1.165) is 25.9 Å². The average molecular weight is 231 g/mol. The second kappa shape index (κ2) is 4.52. The van der Waals surface area contributed by atoms with Crippen LogP contribution >= 0.6 is 23.2 Å². The van der Waals surface area contributed by atoms with Crippen LogP contribution in [0.5, 0.6) is 0 Å². The fraction of sp³-hybridized carbons (Fsp3) is 0.455. The van der Waals surface area contributed by atoms with Gasteiger partial charge >= 0.3 is 0 Å². The average Bonchev–Trinajstić information content (AvgIpc) is 2.17. The summed E-state index contributed by atoms with van der Waals surface area (Å²) >= 11 is 11.9. The zero-order valence-corrected chi connectivity index (χ0v) is 9.35. The summed E-state index contributed by atoms with van der Waals surface area (Å²) in [6, 6.07) is 5.72. The Hall–Kier alpha value is -0.240. The van der Waals surface area contributed by atoms with Gasteiger partial charge in [0, 0.05) is 10.0 Å². The molecule has 0 amide bonds. The second-order valence-corrected chi connectivity index (χ2v) is 4.52. The first-order chi connectivity index (χ1) is 7.15. The Labute approximate surface area is 95.9 Å². The second-order valence-electron chi connectivity index (χ2n) is 3.65. The van der Waals surface area contributed by atoms with Crippen molar-refractivity contribution in [3.8, 4) is 0 Å². The molecule has 0 unspecified atom stereocenters. The molecule has 0 aliphatic carbocycles. The summed E-state index contributed by atoms with van der Waals surface area (Å²) in [6.07, 6.45) is 2.03. The van der Waals surface area contributed by atoms with E-state index in [2.05, 4.69) is 0 Å². The third kappa shape index (κ3) is 2.41. The monoisotopic (exact) mass is 230 g/mol. The smallest absolute Gasteiger partial charge is 0.122 e. The predicted molar refractivity (Wildman–Crippen MR) is 61.3 cm³/mol. The van der Waals surface area contributed by atoms with Gasteiger partial charge in [-0.05, 0) is 55.6 Å². The lowest BCUT2D eigenvalue weighted by atomic mass is 9.90. The normalized spacial score (nSPS) is 20.9. The van der Waals surface area contributed by atoms with Crippen LogP contribution in [0.15, 0.2) is 18.2 Å². The lowest BCUT2D eigenvalue weighted by molar-refractivity contribution is 0.460. The molecular weight excluding hydrogens is 217 g/mol. The highest BCUT2D eigenvalue weighted by Gasteiger charge is 2.15. The molecule has 0 radical (unpaired) electrons. The Morgan fingerprint density at radius 2 is 1.71 bits per heavy atom. The maximum Gasteiger partial charge on any atom is 0.122 e. The molecule has 1 aliphatic heterocycles. The summed E-state index contributed by atoms with van der Waals surface area (Å²) < 4.78 is 7.49. The lowest BCUT2D eigenvalue weighted by Gasteiger charge is -2.23. The highest BCUT2D eigenvalue weighted by Crippen LogP contribution is 2.29. The molecule has 1 aliphatic rings.